The van der Waals surface area contributed by atoms with Gasteiger partial charge in [-0.15, -0.1) is 0 Å². The molecular weight excluding hydrogens is 333 g/mol. The van der Waals surface area contributed by atoms with Crippen molar-refractivity contribution in [1.29, 1.82) is 0 Å². The Morgan fingerprint density at radius 3 is 2.38 bits per heavy atom. The number of likely N-dealkylation sites (tertiary alicyclic amines) is 1. The minimum atomic E-state index is -0.645. The minimum absolute atomic E-state index is 0.153. The smallest absolute Gasteiger partial charge is 0.306 e. The lowest BCUT2D eigenvalue weighted by molar-refractivity contribution is -0.143. The van der Waals surface area contributed by atoms with Gasteiger partial charge in [0.25, 0.3) is 0 Å². The number of nitrogens with zero attached hydrogens (tertiary/aromatic N) is 1. The van der Waals surface area contributed by atoms with E-state index in [-0.39, 0.29) is 5.92 Å². The number of rotatable bonds is 7. The first-order valence-corrected chi connectivity index (χ1v) is 10.8. The van der Waals surface area contributed by atoms with E-state index in [2.05, 4.69) is 4.90 Å². The van der Waals surface area contributed by atoms with Crippen molar-refractivity contribution in [1.82, 2.24) is 4.90 Å². The monoisotopic (exact) mass is 369 g/mol. The number of hydrogen-bond acceptors (Lipinski definition) is 3. The second kappa shape index (κ2) is 10.0. The van der Waals surface area contributed by atoms with Gasteiger partial charge in [-0.2, -0.15) is 0 Å². The van der Waals surface area contributed by atoms with E-state index in [1.807, 2.05) is 0 Å². The average Bonchev–Trinajstić information content (AvgIpc) is 2.64. The van der Waals surface area contributed by atoms with Gasteiger partial charge >= 0.3 is 5.97 Å². The molecule has 1 N–H and O–H groups in total. The summed E-state index contributed by atoms with van der Waals surface area (Å²) in [6.45, 7) is 3.44. The van der Waals surface area contributed by atoms with Crippen molar-refractivity contribution in [2.45, 2.75) is 82.9 Å². The molecule has 3 rings (SSSR count). The lowest BCUT2D eigenvalue weighted by Crippen LogP contribution is -2.38. The van der Waals surface area contributed by atoms with Gasteiger partial charge in [0.2, 0.25) is 0 Å². The topological polar surface area (TPSA) is 49.8 Å². The molecule has 2 unspecified atom stereocenters. The molecule has 3 fully saturated rings. The third-order valence-corrected chi connectivity index (χ3v) is 6.88. The number of ether oxygens (including phenoxy) is 1. The third-order valence-electron chi connectivity index (χ3n) is 6.88. The molecule has 0 aromatic carbocycles. The molecule has 26 heavy (non-hydrogen) atoms. The summed E-state index contributed by atoms with van der Waals surface area (Å²) in [6.07, 6.45) is 11.3. The van der Waals surface area contributed by atoms with Crippen molar-refractivity contribution in [3.63, 3.8) is 0 Å². The Labute approximate surface area is 157 Å². The molecule has 5 heteroatoms. The van der Waals surface area contributed by atoms with Crippen molar-refractivity contribution in [3.05, 3.63) is 0 Å². The molecule has 1 saturated heterocycles. The first-order chi connectivity index (χ1) is 12.6. The molecule has 2 saturated carbocycles. The van der Waals surface area contributed by atoms with Crippen molar-refractivity contribution in [2.24, 2.45) is 17.8 Å². The molecule has 3 aliphatic rings. The van der Waals surface area contributed by atoms with Crippen molar-refractivity contribution in [2.75, 3.05) is 26.2 Å². The molecule has 1 aliphatic heterocycles. The second-order valence-electron chi connectivity index (χ2n) is 8.83. The molecule has 150 valence electrons. The molecule has 0 spiro atoms. The fraction of sp³-hybridized carbons (Fsp3) is 0.952. The van der Waals surface area contributed by atoms with Crippen LogP contribution >= 0.6 is 0 Å². The van der Waals surface area contributed by atoms with Gasteiger partial charge in [-0.05, 0) is 82.7 Å². The predicted octanol–water partition coefficient (Wildman–Crippen LogP) is 4.28. The Balaban J connectivity index is 1.25. The van der Waals surface area contributed by atoms with Gasteiger partial charge in [0, 0.05) is 6.54 Å². The summed E-state index contributed by atoms with van der Waals surface area (Å²) in [5, 5.41) is 9.05. The minimum Gasteiger partial charge on any atom is -0.481 e. The first-order valence-electron chi connectivity index (χ1n) is 10.8. The zero-order valence-electron chi connectivity index (χ0n) is 16.1. The molecule has 0 aromatic heterocycles. The summed E-state index contributed by atoms with van der Waals surface area (Å²) >= 11 is 0. The second-order valence-corrected chi connectivity index (χ2v) is 8.83. The number of piperidine rings is 1. The van der Waals surface area contributed by atoms with E-state index < -0.39 is 12.1 Å². The van der Waals surface area contributed by atoms with Crippen molar-refractivity contribution < 1.29 is 19.0 Å². The largest absolute Gasteiger partial charge is 0.481 e. The van der Waals surface area contributed by atoms with Crippen LogP contribution < -0.4 is 0 Å². The maximum absolute atomic E-state index is 13.6. The molecule has 0 radical (unpaired) electrons. The number of halogens is 1. The summed E-state index contributed by atoms with van der Waals surface area (Å²) in [7, 11) is 0. The third kappa shape index (κ3) is 6.19. The number of carboxylic acids is 1. The highest BCUT2D eigenvalue weighted by Crippen LogP contribution is 2.36. The van der Waals surface area contributed by atoms with Gasteiger partial charge in [-0.3, -0.25) is 4.79 Å². The average molecular weight is 370 g/mol. The molecule has 0 bridgehead atoms. The molecule has 0 aromatic rings. The maximum Gasteiger partial charge on any atom is 0.306 e. The SMILES string of the molecule is O=C(O)C1CCN(CCOC2CCC(CC3CCCC(F)C3)CC2)CC1. The zero-order chi connectivity index (χ0) is 18.4. The highest BCUT2D eigenvalue weighted by molar-refractivity contribution is 5.70. The summed E-state index contributed by atoms with van der Waals surface area (Å²) in [4.78, 5) is 13.3. The summed E-state index contributed by atoms with van der Waals surface area (Å²) < 4.78 is 19.6. The lowest BCUT2D eigenvalue weighted by atomic mass is 9.76. The van der Waals surface area contributed by atoms with Crippen molar-refractivity contribution in [3.8, 4) is 0 Å². The predicted molar refractivity (Wildman–Crippen MR) is 100.0 cm³/mol. The maximum atomic E-state index is 13.6. The number of carbonyl (C=O) groups is 1. The Morgan fingerprint density at radius 2 is 1.73 bits per heavy atom. The van der Waals surface area contributed by atoms with Gasteiger partial charge in [-0.1, -0.05) is 12.8 Å². The number of alkyl halides is 1. The van der Waals surface area contributed by atoms with E-state index in [4.69, 9.17) is 9.84 Å². The van der Waals surface area contributed by atoms with Crippen LogP contribution in [0.3, 0.4) is 0 Å². The fourth-order valence-electron chi connectivity index (χ4n) is 5.20. The van der Waals surface area contributed by atoms with Crippen LogP contribution in [0.15, 0.2) is 0 Å². The standard InChI is InChI=1S/C21H36FNO3/c22-19-3-1-2-17(15-19)14-16-4-6-20(7-5-16)26-13-12-23-10-8-18(9-11-23)21(24)25/h16-20H,1-15H2,(H,24,25). The van der Waals surface area contributed by atoms with Crippen LogP contribution in [0.2, 0.25) is 0 Å². The van der Waals surface area contributed by atoms with E-state index >= 15 is 0 Å². The number of hydrogen-bond donors (Lipinski definition) is 1. The Kier molecular flexibility index (Phi) is 7.74. The summed E-state index contributed by atoms with van der Waals surface area (Å²) in [5.41, 5.74) is 0. The lowest BCUT2D eigenvalue weighted by Gasteiger charge is -2.34. The molecule has 2 atom stereocenters. The van der Waals surface area contributed by atoms with Gasteiger partial charge in [0.15, 0.2) is 0 Å². The van der Waals surface area contributed by atoms with Crippen LogP contribution in [-0.2, 0) is 9.53 Å². The van der Waals surface area contributed by atoms with Crippen LogP contribution in [-0.4, -0.2) is 54.5 Å². The number of aliphatic carboxylic acids is 1. The first kappa shape index (κ1) is 20.1. The van der Waals surface area contributed by atoms with E-state index in [1.54, 1.807) is 0 Å². The summed E-state index contributed by atoms with van der Waals surface area (Å²) in [6, 6.07) is 0. The summed E-state index contributed by atoms with van der Waals surface area (Å²) in [5.74, 6) is 0.599. The van der Waals surface area contributed by atoms with Gasteiger partial charge in [0.1, 0.15) is 6.17 Å². The molecular formula is C21H36FNO3. The van der Waals surface area contributed by atoms with Gasteiger partial charge in [0.05, 0.1) is 18.6 Å². The molecule has 4 nitrogen and oxygen atoms in total. The Bertz CT molecular complexity index is 431. The highest BCUT2D eigenvalue weighted by Gasteiger charge is 2.28. The van der Waals surface area contributed by atoms with Crippen LogP contribution in [0.1, 0.15) is 70.6 Å². The zero-order valence-corrected chi connectivity index (χ0v) is 16.1. The fourth-order valence-corrected chi connectivity index (χ4v) is 5.20. The molecule has 0 amide bonds. The number of carboxylic acid groups (broad SMARTS) is 1. The van der Waals surface area contributed by atoms with Crippen LogP contribution in [0, 0.1) is 17.8 Å². The van der Waals surface area contributed by atoms with E-state index in [0.717, 1.165) is 77.1 Å². The van der Waals surface area contributed by atoms with E-state index in [9.17, 15) is 9.18 Å². The van der Waals surface area contributed by atoms with Crippen LogP contribution in [0.5, 0.6) is 0 Å². The van der Waals surface area contributed by atoms with E-state index in [0.29, 0.717) is 12.0 Å². The molecule has 2 aliphatic carbocycles. The quantitative estimate of drug-likeness (QED) is 0.728. The highest BCUT2D eigenvalue weighted by atomic mass is 19.1. The van der Waals surface area contributed by atoms with Crippen molar-refractivity contribution >= 4 is 5.97 Å². The van der Waals surface area contributed by atoms with Crippen LogP contribution in [0.25, 0.3) is 0 Å². The van der Waals surface area contributed by atoms with Crippen LogP contribution in [0.4, 0.5) is 4.39 Å². The Morgan fingerprint density at radius 1 is 1.00 bits per heavy atom. The Hall–Kier alpha value is -0.680. The molecule has 1 heterocycles. The van der Waals surface area contributed by atoms with Gasteiger partial charge < -0.3 is 14.7 Å². The van der Waals surface area contributed by atoms with Gasteiger partial charge in [-0.25, -0.2) is 4.39 Å². The normalized spacial score (nSPS) is 34.7. The van der Waals surface area contributed by atoms with E-state index in [1.165, 1.54) is 25.7 Å².